The Hall–Kier alpha value is -1.38. The molecule has 0 saturated carbocycles. The van der Waals surface area contributed by atoms with E-state index in [1.54, 1.807) is 18.3 Å². The lowest BCUT2D eigenvalue weighted by molar-refractivity contribution is 0.101. The van der Waals surface area contributed by atoms with Crippen molar-refractivity contribution >= 4 is 5.78 Å². The lowest BCUT2D eigenvalue weighted by atomic mass is 10.1. The highest BCUT2D eigenvalue weighted by atomic mass is 16.5. The number of nitrogens with zero attached hydrogens (tertiary/aromatic N) is 1. The SMILES string of the molecule is CC(=O)c1ccc(OCCCC(C)C)cn1. The van der Waals surface area contributed by atoms with Gasteiger partial charge in [0.1, 0.15) is 11.4 Å². The van der Waals surface area contributed by atoms with E-state index in [9.17, 15) is 4.79 Å². The first-order chi connectivity index (χ1) is 7.59. The zero-order valence-corrected chi connectivity index (χ0v) is 10.2. The summed E-state index contributed by atoms with van der Waals surface area (Å²) in [5, 5.41) is 0. The minimum atomic E-state index is -0.0219. The van der Waals surface area contributed by atoms with E-state index >= 15 is 0 Å². The van der Waals surface area contributed by atoms with Crippen molar-refractivity contribution in [1.82, 2.24) is 4.98 Å². The molecule has 0 fully saturated rings. The summed E-state index contributed by atoms with van der Waals surface area (Å²) in [5.41, 5.74) is 0.481. The molecule has 0 bridgehead atoms. The maximum Gasteiger partial charge on any atom is 0.178 e. The first kappa shape index (κ1) is 12.7. The van der Waals surface area contributed by atoms with Crippen LogP contribution < -0.4 is 4.74 Å². The smallest absolute Gasteiger partial charge is 0.178 e. The molecule has 0 unspecified atom stereocenters. The van der Waals surface area contributed by atoms with Crippen LogP contribution in [-0.4, -0.2) is 17.4 Å². The fourth-order valence-electron chi connectivity index (χ4n) is 1.36. The zero-order chi connectivity index (χ0) is 12.0. The third-order valence-corrected chi connectivity index (χ3v) is 2.29. The van der Waals surface area contributed by atoms with Crippen molar-refractivity contribution < 1.29 is 9.53 Å². The second-order valence-corrected chi connectivity index (χ2v) is 4.32. The van der Waals surface area contributed by atoms with Gasteiger partial charge in [-0.15, -0.1) is 0 Å². The molecule has 0 aliphatic rings. The van der Waals surface area contributed by atoms with Crippen LogP contribution in [0.3, 0.4) is 0 Å². The van der Waals surface area contributed by atoms with Gasteiger partial charge in [-0.1, -0.05) is 13.8 Å². The molecule has 0 atom stereocenters. The highest BCUT2D eigenvalue weighted by Gasteiger charge is 2.01. The van der Waals surface area contributed by atoms with Crippen LogP contribution in [0.2, 0.25) is 0 Å². The van der Waals surface area contributed by atoms with Crippen molar-refractivity contribution in [2.24, 2.45) is 5.92 Å². The van der Waals surface area contributed by atoms with Gasteiger partial charge in [-0.2, -0.15) is 0 Å². The number of ether oxygens (including phenoxy) is 1. The summed E-state index contributed by atoms with van der Waals surface area (Å²) >= 11 is 0. The van der Waals surface area contributed by atoms with Crippen molar-refractivity contribution in [3.05, 3.63) is 24.0 Å². The number of carbonyl (C=O) groups excluding carboxylic acids is 1. The van der Waals surface area contributed by atoms with Crippen molar-refractivity contribution in [1.29, 1.82) is 0 Å². The van der Waals surface area contributed by atoms with Crippen LogP contribution >= 0.6 is 0 Å². The van der Waals surface area contributed by atoms with Gasteiger partial charge < -0.3 is 4.74 Å². The monoisotopic (exact) mass is 221 g/mol. The van der Waals surface area contributed by atoms with Crippen LogP contribution in [0.15, 0.2) is 18.3 Å². The lowest BCUT2D eigenvalue weighted by Gasteiger charge is -2.07. The number of carbonyl (C=O) groups is 1. The summed E-state index contributed by atoms with van der Waals surface area (Å²) in [6.45, 7) is 6.61. The van der Waals surface area contributed by atoms with E-state index in [0.717, 1.165) is 12.2 Å². The van der Waals surface area contributed by atoms with Crippen molar-refractivity contribution in [3.8, 4) is 5.75 Å². The molecular formula is C13H19NO2. The number of rotatable bonds is 6. The molecule has 0 N–H and O–H groups in total. The van der Waals surface area contributed by atoms with Gasteiger partial charge in [0.25, 0.3) is 0 Å². The number of aromatic nitrogens is 1. The molecule has 0 spiro atoms. The molecule has 0 aliphatic carbocycles. The molecule has 1 aromatic heterocycles. The minimum absolute atomic E-state index is 0.0219. The first-order valence-electron chi connectivity index (χ1n) is 5.69. The summed E-state index contributed by atoms with van der Waals surface area (Å²) in [6.07, 6.45) is 3.82. The fraction of sp³-hybridized carbons (Fsp3) is 0.538. The third-order valence-electron chi connectivity index (χ3n) is 2.29. The average molecular weight is 221 g/mol. The zero-order valence-electron chi connectivity index (χ0n) is 10.2. The first-order valence-corrected chi connectivity index (χ1v) is 5.69. The lowest BCUT2D eigenvalue weighted by Crippen LogP contribution is -2.01. The molecule has 88 valence electrons. The van der Waals surface area contributed by atoms with Crippen LogP contribution in [0.1, 0.15) is 44.1 Å². The summed E-state index contributed by atoms with van der Waals surface area (Å²) < 4.78 is 5.52. The molecule has 1 rings (SSSR count). The Labute approximate surface area is 96.8 Å². The van der Waals surface area contributed by atoms with Crippen molar-refractivity contribution in [2.45, 2.75) is 33.6 Å². The Morgan fingerprint density at radius 1 is 1.44 bits per heavy atom. The van der Waals surface area contributed by atoms with Crippen molar-refractivity contribution in [3.63, 3.8) is 0 Å². The molecule has 16 heavy (non-hydrogen) atoms. The van der Waals surface area contributed by atoms with Gasteiger partial charge in [0.2, 0.25) is 0 Å². The van der Waals surface area contributed by atoms with Crippen LogP contribution in [0.4, 0.5) is 0 Å². The van der Waals surface area contributed by atoms with Gasteiger partial charge in [0.05, 0.1) is 12.8 Å². The summed E-state index contributed by atoms with van der Waals surface area (Å²) in [6, 6.07) is 3.49. The largest absolute Gasteiger partial charge is 0.492 e. The fourth-order valence-corrected chi connectivity index (χ4v) is 1.36. The second-order valence-electron chi connectivity index (χ2n) is 4.32. The highest BCUT2D eigenvalue weighted by Crippen LogP contribution is 2.11. The molecule has 1 aromatic rings. The summed E-state index contributed by atoms with van der Waals surface area (Å²) in [7, 11) is 0. The Balaban J connectivity index is 2.35. The number of Topliss-reactive ketones (excluding diaryl/α,β-unsaturated/α-hetero) is 1. The quantitative estimate of drug-likeness (QED) is 0.547. The molecule has 0 aromatic carbocycles. The molecule has 3 heteroatoms. The minimum Gasteiger partial charge on any atom is -0.492 e. The number of pyridine rings is 1. The Kier molecular flexibility index (Phi) is 4.96. The number of ketones is 1. The van der Waals surface area contributed by atoms with Gasteiger partial charge in [-0.3, -0.25) is 4.79 Å². The van der Waals surface area contributed by atoms with Gasteiger partial charge >= 0.3 is 0 Å². The Morgan fingerprint density at radius 3 is 2.69 bits per heavy atom. The summed E-state index contributed by atoms with van der Waals surface area (Å²) in [4.78, 5) is 15.0. The van der Waals surface area contributed by atoms with Crippen LogP contribution in [-0.2, 0) is 0 Å². The topological polar surface area (TPSA) is 39.2 Å². The number of hydrogen-bond donors (Lipinski definition) is 0. The molecule has 0 aliphatic heterocycles. The Morgan fingerprint density at radius 2 is 2.19 bits per heavy atom. The maximum atomic E-state index is 11.0. The average Bonchev–Trinajstić information content (AvgIpc) is 2.25. The molecule has 1 heterocycles. The Bertz CT molecular complexity index is 330. The van der Waals surface area contributed by atoms with E-state index in [2.05, 4.69) is 18.8 Å². The van der Waals surface area contributed by atoms with E-state index in [4.69, 9.17) is 4.74 Å². The standard InChI is InChI=1S/C13H19NO2/c1-10(2)5-4-8-16-12-6-7-13(11(3)15)14-9-12/h6-7,9-10H,4-5,8H2,1-3H3. The van der Waals surface area contributed by atoms with Crippen molar-refractivity contribution in [2.75, 3.05) is 6.61 Å². The van der Waals surface area contributed by atoms with Gasteiger partial charge in [0, 0.05) is 6.92 Å². The highest BCUT2D eigenvalue weighted by molar-refractivity contribution is 5.92. The molecular weight excluding hydrogens is 202 g/mol. The van der Waals surface area contributed by atoms with E-state index in [1.165, 1.54) is 13.3 Å². The second kappa shape index (κ2) is 6.26. The van der Waals surface area contributed by atoms with Gasteiger partial charge in [-0.25, -0.2) is 4.98 Å². The van der Waals surface area contributed by atoms with Crippen LogP contribution in [0.25, 0.3) is 0 Å². The molecule has 3 nitrogen and oxygen atoms in total. The maximum absolute atomic E-state index is 11.0. The molecule has 0 amide bonds. The third kappa shape index (κ3) is 4.43. The van der Waals surface area contributed by atoms with E-state index < -0.39 is 0 Å². The number of hydrogen-bond acceptors (Lipinski definition) is 3. The summed E-state index contributed by atoms with van der Waals surface area (Å²) in [5.74, 6) is 1.42. The molecule has 0 saturated heterocycles. The molecule has 0 radical (unpaired) electrons. The van der Waals surface area contributed by atoms with Gasteiger partial charge in [0.15, 0.2) is 5.78 Å². The van der Waals surface area contributed by atoms with E-state index in [0.29, 0.717) is 18.2 Å². The predicted octanol–water partition coefficient (Wildman–Crippen LogP) is 3.10. The normalized spacial score (nSPS) is 10.5. The van der Waals surface area contributed by atoms with Crippen LogP contribution in [0.5, 0.6) is 5.75 Å². The van der Waals surface area contributed by atoms with Gasteiger partial charge in [-0.05, 0) is 30.9 Å². The predicted molar refractivity (Wildman–Crippen MR) is 63.8 cm³/mol. The van der Waals surface area contributed by atoms with Crippen LogP contribution in [0, 0.1) is 5.92 Å². The van der Waals surface area contributed by atoms with E-state index in [1.807, 2.05) is 0 Å². The van der Waals surface area contributed by atoms with E-state index in [-0.39, 0.29) is 5.78 Å².